The number of ether oxygens (including phenoxy) is 3. The molecule has 0 bridgehead atoms. The van der Waals surface area contributed by atoms with Crippen LogP contribution in [0.15, 0.2) is 36.4 Å². The van der Waals surface area contributed by atoms with Gasteiger partial charge in [-0.15, -0.1) is 0 Å². The van der Waals surface area contributed by atoms with Crippen molar-refractivity contribution in [2.24, 2.45) is 0 Å². The molecule has 4 rings (SSSR count). The molecular formula is C19H18N2O5. The molecule has 7 nitrogen and oxygen atoms in total. The van der Waals surface area contributed by atoms with Gasteiger partial charge in [0.1, 0.15) is 5.75 Å². The van der Waals surface area contributed by atoms with E-state index in [0.717, 1.165) is 11.1 Å². The van der Waals surface area contributed by atoms with Crippen LogP contribution in [0, 0.1) is 6.92 Å². The Bertz CT molecular complexity index is 880. The Kier molecular flexibility index (Phi) is 4.12. The number of fused-ring (bicyclic) bond motifs is 2. The highest BCUT2D eigenvalue weighted by Crippen LogP contribution is 2.33. The summed E-state index contributed by atoms with van der Waals surface area (Å²) in [4.78, 5) is 24.4. The van der Waals surface area contributed by atoms with Crippen LogP contribution in [0.4, 0.5) is 5.69 Å². The van der Waals surface area contributed by atoms with Gasteiger partial charge in [-0.25, -0.2) is 0 Å². The minimum absolute atomic E-state index is 0.0519. The molecule has 0 spiro atoms. The normalized spacial score (nSPS) is 17.1. The average molecular weight is 354 g/mol. The molecule has 0 saturated heterocycles. The van der Waals surface area contributed by atoms with Crippen LogP contribution in [0.3, 0.4) is 0 Å². The Labute approximate surface area is 150 Å². The highest BCUT2D eigenvalue weighted by Gasteiger charge is 2.29. The molecule has 2 aliphatic heterocycles. The van der Waals surface area contributed by atoms with Crippen molar-refractivity contribution in [3.63, 3.8) is 0 Å². The Morgan fingerprint density at radius 3 is 2.85 bits per heavy atom. The van der Waals surface area contributed by atoms with E-state index in [1.54, 1.807) is 12.1 Å². The number of amides is 2. The number of carbonyl (C=O) groups is 2. The predicted octanol–water partition coefficient (Wildman–Crippen LogP) is 2.13. The molecule has 26 heavy (non-hydrogen) atoms. The second-order valence-electron chi connectivity index (χ2n) is 6.26. The van der Waals surface area contributed by atoms with Crippen molar-refractivity contribution >= 4 is 17.5 Å². The summed E-state index contributed by atoms with van der Waals surface area (Å²) in [7, 11) is 0. The van der Waals surface area contributed by atoms with Crippen LogP contribution in [-0.4, -0.2) is 24.7 Å². The average Bonchev–Trinajstić information content (AvgIpc) is 3.08. The van der Waals surface area contributed by atoms with E-state index in [1.165, 1.54) is 0 Å². The summed E-state index contributed by atoms with van der Waals surface area (Å²) in [5.74, 6) is 1.35. The van der Waals surface area contributed by atoms with Crippen molar-refractivity contribution in [2.75, 3.05) is 12.1 Å². The zero-order valence-corrected chi connectivity index (χ0v) is 14.2. The van der Waals surface area contributed by atoms with Gasteiger partial charge in [0, 0.05) is 6.54 Å². The maximum atomic E-state index is 12.2. The summed E-state index contributed by atoms with van der Waals surface area (Å²) in [6.45, 7) is 2.47. The highest BCUT2D eigenvalue weighted by molar-refractivity contribution is 6.00. The lowest BCUT2D eigenvalue weighted by Gasteiger charge is -2.25. The van der Waals surface area contributed by atoms with E-state index in [-0.39, 0.29) is 25.0 Å². The molecule has 2 aromatic rings. The summed E-state index contributed by atoms with van der Waals surface area (Å²) in [5, 5.41) is 5.58. The maximum absolute atomic E-state index is 12.2. The van der Waals surface area contributed by atoms with Gasteiger partial charge in [-0.2, -0.15) is 0 Å². The molecule has 2 aromatic carbocycles. The number of anilines is 1. The zero-order chi connectivity index (χ0) is 18.1. The molecule has 2 heterocycles. The summed E-state index contributed by atoms with van der Waals surface area (Å²) >= 11 is 0. The quantitative estimate of drug-likeness (QED) is 0.878. The van der Waals surface area contributed by atoms with Crippen molar-refractivity contribution in [3.8, 4) is 17.2 Å². The Hall–Kier alpha value is -3.22. The third-order valence-corrected chi connectivity index (χ3v) is 4.25. The molecular weight excluding hydrogens is 336 g/mol. The zero-order valence-electron chi connectivity index (χ0n) is 14.2. The first-order valence-corrected chi connectivity index (χ1v) is 8.32. The number of rotatable bonds is 4. The molecule has 2 N–H and O–H groups in total. The van der Waals surface area contributed by atoms with Gasteiger partial charge in [-0.05, 0) is 42.3 Å². The first-order valence-electron chi connectivity index (χ1n) is 8.32. The van der Waals surface area contributed by atoms with Crippen LogP contribution in [0.1, 0.15) is 17.5 Å². The number of nitrogens with one attached hydrogen (secondary N) is 2. The topological polar surface area (TPSA) is 85.9 Å². The largest absolute Gasteiger partial charge is 0.478 e. The molecule has 134 valence electrons. The van der Waals surface area contributed by atoms with E-state index in [0.29, 0.717) is 29.5 Å². The van der Waals surface area contributed by atoms with E-state index in [1.807, 2.05) is 31.2 Å². The fourth-order valence-corrected chi connectivity index (χ4v) is 2.89. The Balaban J connectivity index is 1.35. The van der Waals surface area contributed by atoms with Crippen LogP contribution in [0.25, 0.3) is 0 Å². The lowest BCUT2D eigenvalue weighted by atomic mass is 10.1. The number of benzene rings is 2. The van der Waals surface area contributed by atoms with E-state index >= 15 is 0 Å². The minimum atomic E-state index is -0.845. The van der Waals surface area contributed by atoms with Gasteiger partial charge in [0.2, 0.25) is 12.7 Å². The van der Waals surface area contributed by atoms with Crippen molar-refractivity contribution in [2.45, 2.75) is 26.0 Å². The SMILES string of the molecule is Cc1ccc2c(c1)NC(=O)[C@@H](CC(=O)NCc1ccc3c(c1)OCO3)O2. The van der Waals surface area contributed by atoms with Gasteiger partial charge >= 0.3 is 0 Å². The predicted molar refractivity (Wildman–Crippen MR) is 93.3 cm³/mol. The number of aryl methyl sites for hydroxylation is 1. The molecule has 7 heteroatoms. The van der Waals surface area contributed by atoms with E-state index in [4.69, 9.17) is 14.2 Å². The Morgan fingerprint density at radius 1 is 1.15 bits per heavy atom. The smallest absolute Gasteiger partial charge is 0.266 e. The van der Waals surface area contributed by atoms with Gasteiger partial charge in [-0.1, -0.05) is 12.1 Å². The third-order valence-electron chi connectivity index (χ3n) is 4.25. The van der Waals surface area contributed by atoms with Crippen LogP contribution in [-0.2, 0) is 16.1 Å². The highest BCUT2D eigenvalue weighted by atomic mass is 16.7. The first-order chi connectivity index (χ1) is 12.6. The van der Waals surface area contributed by atoms with Gasteiger partial charge in [-0.3, -0.25) is 9.59 Å². The Morgan fingerprint density at radius 2 is 1.96 bits per heavy atom. The number of carbonyl (C=O) groups excluding carboxylic acids is 2. The van der Waals surface area contributed by atoms with E-state index in [2.05, 4.69) is 10.6 Å². The van der Waals surface area contributed by atoms with Crippen LogP contribution >= 0.6 is 0 Å². The van der Waals surface area contributed by atoms with Gasteiger partial charge in [0.15, 0.2) is 17.6 Å². The first kappa shape index (κ1) is 16.3. The molecule has 0 unspecified atom stereocenters. The fourth-order valence-electron chi connectivity index (χ4n) is 2.89. The molecule has 2 amide bonds. The van der Waals surface area contributed by atoms with Gasteiger partial charge < -0.3 is 24.8 Å². The molecule has 0 aliphatic carbocycles. The molecule has 2 aliphatic rings. The summed E-state index contributed by atoms with van der Waals surface area (Å²) in [6, 6.07) is 11.0. The van der Waals surface area contributed by atoms with Crippen molar-refractivity contribution < 1.29 is 23.8 Å². The lowest BCUT2D eigenvalue weighted by Crippen LogP contribution is -2.40. The third kappa shape index (κ3) is 3.28. The second-order valence-corrected chi connectivity index (χ2v) is 6.26. The standard InChI is InChI=1S/C19H18N2O5/c1-11-2-4-14-13(6-11)21-19(23)17(26-14)8-18(22)20-9-12-3-5-15-16(7-12)25-10-24-15/h2-7,17H,8-10H2,1H3,(H,20,22)(H,21,23)/t17-/m1/s1. The van der Waals surface area contributed by atoms with Crippen LogP contribution in [0.5, 0.6) is 17.2 Å². The van der Waals surface area contributed by atoms with Gasteiger partial charge in [0.05, 0.1) is 12.1 Å². The molecule has 0 radical (unpaired) electrons. The fraction of sp³-hybridized carbons (Fsp3) is 0.263. The number of hydrogen-bond acceptors (Lipinski definition) is 5. The second kappa shape index (κ2) is 6.59. The van der Waals surface area contributed by atoms with Gasteiger partial charge in [0.25, 0.3) is 5.91 Å². The molecule has 0 fully saturated rings. The lowest BCUT2D eigenvalue weighted by molar-refractivity contribution is -0.130. The van der Waals surface area contributed by atoms with Crippen molar-refractivity contribution in [1.82, 2.24) is 5.32 Å². The molecule has 0 saturated carbocycles. The van der Waals surface area contributed by atoms with E-state index in [9.17, 15) is 9.59 Å². The maximum Gasteiger partial charge on any atom is 0.266 e. The van der Waals surface area contributed by atoms with Crippen LogP contribution in [0.2, 0.25) is 0 Å². The number of hydrogen-bond donors (Lipinski definition) is 2. The summed E-state index contributed by atoms with van der Waals surface area (Å²) in [5.41, 5.74) is 2.54. The molecule has 0 aromatic heterocycles. The van der Waals surface area contributed by atoms with Crippen molar-refractivity contribution in [3.05, 3.63) is 47.5 Å². The summed E-state index contributed by atoms with van der Waals surface area (Å²) < 4.78 is 16.2. The summed E-state index contributed by atoms with van der Waals surface area (Å²) in [6.07, 6.45) is -0.897. The van der Waals surface area contributed by atoms with Crippen LogP contribution < -0.4 is 24.8 Å². The minimum Gasteiger partial charge on any atom is -0.478 e. The van der Waals surface area contributed by atoms with Crippen molar-refractivity contribution in [1.29, 1.82) is 0 Å². The molecule has 1 atom stereocenters. The van der Waals surface area contributed by atoms with E-state index < -0.39 is 6.10 Å². The monoisotopic (exact) mass is 354 g/mol.